The summed E-state index contributed by atoms with van der Waals surface area (Å²) in [6.07, 6.45) is 1.38. The zero-order valence-electron chi connectivity index (χ0n) is 17.1. The third-order valence-corrected chi connectivity index (χ3v) is 5.81. The maximum Gasteiger partial charge on any atom is 0.228 e. The number of piperazine rings is 1. The highest BCUT2D eigenvalue weighted by molar-refractivity contribution is 5.89. The molecule has 0 radical (unpaired) electrons. The summed E-state index contributed by atoms with van der Waals surface area (Å²) in [5, 5.41) is 0. The van der Waals surface area contributed by atoms with Gasteiger partial charge in [-0.15, -0.1) is 0 Å². The van der Waals surface area contributed by atoms with E-state index < -0.39 is 0 Å². The Morgan fingerprint density at radius 1 is 1.22 bits per heavy atom. The minimum atomic E-state index is -0.164. The molecule has 2 aliphatic heterocycles. The van der Waals surface area contributed by atoms with Crippen molar-refractivity contribution in [3.63, 3.8) is 0 Å². The molecular formula is C22H33N3O2. The van der Waals surface area contributed by atoms with Gasteiger partial charge in [-0.2, -0.15) is 0 Å². The Morgan fingerprint density at radius 3 is 2.67 bits per heavy atom. The number of amides is 2. The molecule has 0 aromatic heterocycles. The van der Waals surface area contributed by atoms with E-state index in [2.05, 4.69) is 56.9 Å². The van der Waals surface area contributed by atoms with Crippen LogP contribution >= 0.6 is 0 Å². The Labute approximate surface area is 163 Å². The van der Waals surface area contributed by atoms with Crippen LogP contribution in [0.5, 0.6) is 0 Å². The first-order valence-electron chi connectivity index (χ1n) is 10.2. The Kier molecular flexibility index (Phi) is 6.08. The van der Waals surface area contributed by atoms with Crippen molar-refractivity contribution in [2.45, 2.75) is 46.6 Å². The summed E-state index contributed by atoms with van der Waals surface area (Å²) in [5.74, 6) is 0.706. The normalized spacial score (nSPS) is 23.4. The lowest BCUT2D eigenvalue weighted by Crippen LogP contribution is -2.55. The number of benzene rings is 1. The number of likely N-dealkylation sites (tertiary alicyclic amines) is 1. The smallest absolute Gasteiger partial charge is 0.228 e. The second-order valence-corrected chi connectivity index (χ2v) is 8.59. The Balaban J connectivity index is 1.57. The molecule has 0 bridgehead atoms. The highest BCUT2D eigenvalue weighted by Gasteiger charge is 2.38. The van der Waals surface area contributed by atoms with Gasteiger partial charge in [0, 0.05) is 50.9 Å². The van der Waals surface area contributed by atoms with Crippen LogP contribution in [0.2, 0.25) is 0 Å². The lowest BCUT2D eigenvalue weighted by Gasteiger charge is -2.42. The van der Waals surface area contributed by atoms with Gasteiger partial charge in [-0.3, -0.25) is 9.59 Å². The van der Waals surface area contributed by atoms with Crippen molar-refractivity contribution in [2.75, 3.05) is 37.6 Å². The average molecular weight is 372 g/mol. The average Bonchev–Trinajstić information content (AvgIpc) is 3.00. The molecule has 2 heterocycles. The van der Waals surface area contributed by atoms with Gasteiger partial charge in [0.2, 0.25) is 11.8 Å². The van der Waals surface area contributed by atoms with Gasteiger partial charge in [-0.05, 0) is 43.9 Å². The van der Waals surface area contributed by atoms with Crippen molar-refractivity contribution < 1.29 is 9.59 Å². The van der Waals surface area contributed by atoms with Crippen LogP contribution < -0.4 is 4.90 Å². The lowest BCUT2D eigenvalue weighted by molar-refractivity contribution is -0.136. The number of nitrogens with zero attached hydrogens (tertiary/aromatic N) is 3. The third-order valence-electron chi connectivity index (χ3n) is 5.81. The van der Waals surface area contributed by atoms with Crippen molar-refractivity contribution in [3.05, 3.63) is 29.8 Å². The van der Waals surface area contributed by atoms with Crippen LogP contribution in [0, 0.1) is 18.8 Å². The standard InChI is InChI=1S/C22H33N3O2/c1-16(2)8-9-23-15-19(13-21(23)26)22(27)24-10-11-25(18(4)14-24)20-7-5-6-17(3)12-20/h5-7,12,16,18-19H,8-11,13-15H2,1-4H3/t18-,19-/m0/s1. The number of aryl methyl sites for hydroxylation is 1. The highest BCUT2D eigenvalue weighted by atomic mass is 16.2. The van der Waals surface area contributed by atoms with Gasteiger partial charge in [0.15, 0.2) is 0 Å². The van der Waals surface area contributed by atoms with Crippen molar-refractivity contribution in [2.24, 2.45) is 11.8 Å². The molecule has 5 heteroatoms. The van der Waals surface area contributed by atoms with Gasteiger partial charge < -0.3 is 14.7 Å². The minimum absolute atomic E-state index is 0.139. The molecule has 1 aromatic carbocycles. The van der Waals surface area contributed by atoms with E-state index in [9.17, 15) is 9.59 Å². The Morgan fingerprint density at radius 2 is 2.00 bits per heavy atom. The van der Waals surface area contributed by atoms with Crippen LogP contribution in [0.15, 0.2) is 24.3 Å². The molecule has 2 amide bonds. The first kappa shape index (κ1) is 19.7. The number of hydrogen-bond acceptors (Lipinski definition) is 3. The maximum absolute atomic E-state index is 13.0. The van der Waals surface area contributed by atoms with Crippen LogP contribution in [-0.2, 0) is 9.59 Å². The molecule has 0 spiro atoms. The predicted molar refractivity (Wildman–Crippen MR) is 109 cm³/mol. The van der Waals surface area contributed by atoms with E-state index in [4.69, 9.17) is 0 Å². The Hall–Kier alpha value is -2.04. The van der Waals surface area contributed by atoms with Crippen LogP contribution in [0.1, 0.15) is 39.2 Å². The van der Waals surface area contributed by atoms with Crippen LogP contribution in [0.4, 0.5) is 5.69 Å². The third kappa shape index (κ3) is 4.63. The number of rotatable bonds is 5. The van der Waals surface area contributed by atoms with E-state index in [0.717, 1.165) is 32.6 Å². The van der Waals surface area contributed by atoms with E-state index in [-0.39, 0.29) is 23.8 Å². The quantitative estimate of drug-likeness (QED) is 0.799. The fourth-order valence-electron chi connectivity index (χ4n) is 4.17. The summed E-state index contributed by atoms with van der Waals surface area (Å²) in [7, 11) is 0. The second-order valence-electron chi connectivity index (χ2n) is 8.59. The fourth-order valence-corrected chi connectivity index (χ4v) is 4.17. The van der Waals surface area contributed by atoms with Crippen molar-refractivity contribution >= 4 is 17.5 Å². The largest absolute Gasteiger partial charge is 0.365 e. The van der Waals surface area contributed by atoms with Gasteiger partial charge in [0.25, 0.3) is 0 Å². The van der Waals surface area contributed by atoms with Gasteiger partial charge in [0.1, 0.15) is 0 Å². The van der Waals surface area contributed by atoms with Crippen LogP contribution in [0.3, 0.4) is 0 Å². The molecule has 148 valence electrons. The summed E-state index contributed by atoms with van der Waals surface area (Å²) < 4.78 is 0. The molecule has 0 saturated carbocycles. The second kappa shape index (κ2) is 8.32. The monoisotopic (exact) mass is 371 g/mol. The van der Waals surface area contributed by atoms with E-state index in [1.54, 1.807) is 0 Å². The number of hydrogen-bond donors (Lipinski definition) is 0. The van der Waals surface area contributed by atoms with Crippen LogP contribution in [0.25, 0.3) is 0 Å². The Bertz CT molecular complexity index is 688. The summed E-state index contributed by atoms with van der Waals surface area (Å²) in [6.45, 7) is 12.3. The molecule has 0 unspecified atom stereocenters. The zero-order valence-corrected chi connectivity index (χ0v) is 17.1. The number of anilines is 1. The molecule has 1 aromatic rings. The fraction of sp³-hybridized carbons (Fsp3) is 0.636. The summed E-state index contributed by atoms with van der Waals surface area (Å²) in [5.41, 5.74) is 2.48. The number of carbonyl (C=O) groups excluding carboxylic acids is 2. The lowest BCUT2D eigenvalue weighted by atomic mass is 10.0. The molecule has 27 heavy (non-hydrogen) atoms. The van der Waals surface area contributed by atoms with E-state index >= 15 is 0 Å². The topological polar surface area (TPSA) is 43.9 Å². The van der Waals surface area contributed by atoms with Gasteiger partial charge >= 0.3 is 0 Å². The predicted octanol–water partition coefficient (Wildman–Crippen LogP) is 2.93. The first-order chi connectivity index (χ1) is 12.8. The van der Waals surface area contributed by atoms with Crippen molar-refractivity contribution in [1.82, 2.24) is 9.80 Å². The molecule has 2 atom stereocenters. The summed E-state index contributed by atoms with van der Waals surface area (Å²) >= 11 is 0. The highest BCUT2D eigenvalue weighted by Crippen LogP contribution is 2.25. The molecule has 0 aliphatic carbocycles. The van der Waals surface area contributed by atoms with E-state index in [1.165, 1.54) is 11.3 Å². The molecule has 2 fully saturated rings. The SMILES string of the molecule is Cc1cccc(N2CCN(C(=O)[C@H]3CC(=O)N(CCC(C)C)C3)C[C@@H]2C)c1. The summed E-state index contributed by atoms with van der Waals surface area (Å²) in [6, 6.07) is 8.82. The minimum Gasteiger partial charge on any atom is -0.365 e. The molecule has 2 saturated heterocycles. The molecule has 2 aliphatic rings. The molecule has 0 N–H and O–H groups in total. The summed E-state index contributed by atoms with van der Waals surface area (Å²) in [4.78, 5) is 31.5. The van der Waals surface area contributed by atoms with Crippen molar-refractivity contribution in [1.29, 1.82) is 0 Å². The zero-order chi connectivity index (χ0) is 19.6. The maximum atomic E-state index is 13.0. The van der Waals surface area contributed by atoms with E-state index in [0.29, 0.717) is 18.9 Å². The van der Waals surface area contributed by atoms with Crippen molar-refractivity contribution in [3.8, 4) is 0 Å². The van der Waals surface area contributed by atoms with Gasteiger partial charge in [-0.25, -0.2) is 0 Å². The first-order valence-corrected chi connectivity index (χ1v) is 10.2. The van der Waals surface area contributed by atoms with E-state index in [1.807, 2.05) is 9.80 Å². The molecular weight excluding hydrogens is 338 g/mol. The van der Waals surface area contributed by atoms with Gasteiger partial charge in [0.05, 0.1) is 5.92 Å². The molecule has 3 rings (SSSR count). The molecule has 5 nitrogen and oxygen atoms in total. The van der Waals surface area contributed by atoms with Crippen LogP contribution in [-0.4, -0.2) is 60.4 Å². The number of carbonyl (C=O) groups is 2. The van der Waals surface area contributed by atoms with Gasteiger partial charge in [-0.1, -0.05) is 26.0 Å².